The summed E-state index contributed by atoms with van der Waals surface area (Å²) in [6, 6.07) is 1.85. The largest absolute Gasteiger partial charge is 0.398 e. The van der Waals surface area contributed by atoms with Crippen LogP contribution in [0.4, 0.5) is 5.69 Å². The molecule has 0 aliphatic carbocycles. The molecular weight excluding hydrogens is 272 g/mol. The van der Waals surface area contributed by atoms with Gasteiger partial charge in [-0.25, -0.2) is 8.42 Å². The van der Waals surface area contributed by atoms with Crippen molar-refractivity contribution in [1.82, 2.24) is 4.31 Å². The van der Waals surface area contributed by atoms with E-state index in [4.69, 9.17) is 5.73 Å². The van der Waals surface area contributed by atoms with Crippen molar-refractivity contribution in [2.24, 2.45) is 0 Å². The SMILES string of the molecule is CC1=CCN(S(=O)(=O)c2c(C)cc(C)c(N)c2C)CC1. The van der Waals surface area contributed by atoms with Gasteiger partial charge in [-0.1, -0.05) is 17.7 Å². The van der Waals surface area contributed by atoms with Gasteiger partial charge in [-0.3, -0.25) is 0 Å². The van der Waals surface area contributed by atoms with E-state index in [-0.39, 0.29) is 0 Å². The Labute approximate surface area is 121 Å². The molecular formula is C15H22N2O2S. The van der Waals surface area contributed by atoms with Crippen LogP contribution < -0.4 is 5.73 Å². The van der Waals surface area contributed by atoms with Gasteiger partial charge in [0.25, 0.3) is 0 Å². The van der Waals surface area contributed by atoms with Crippen LogP contribution in [0.3, 0.4) is 0 Å². The molecule has 1 aromatic rings. The number of hydrogen-bond donors (Lipinski definition) is 1. The predicted octanol–water partition coefficient (Wildman–Crippen LogP) is 2.53. The minimum atomic E-state index is -3.48. The highest BCUT2D eigenvalue weighted by Crippen LogP contribution is 2.31. The quantitative estimate of drug-likeness (QED) is 0.673. The first kappa shape index (κ1) is 15.1. The summed E-state index contributed by atoms with van der Waals surface area (Å²) in [4.78, 5) is 0.369. The Morgan fingerprint density at radius 2 is 1.80 bits per heavy atom. The number of benzene rings is 1. The topological polar surface area (TPSA) is 63.4 Å². The van der Waals surface area contributed by atoms with Gasteiger partial charge < -0.3 is 5.73 Å². The molecule has 1 heterocycles. The number of rotatable bonds is 2. The second kappa shape index (κ2) is 5.22. The Kier molecular flexibility index (Phi) is 3.93. The minimum absolute atomic E-state index is 0.369. The minimum Gasteiger partial charge on any atom is -0.398 e. The summed E-state index contributed by atoms with van der Waals surface area (Å²) >= 11 is 0. The molecule has 0 amide bonds. The number of hydrogen-bond acceptors (Lipinski definition) is 3. The smallest absolute Gasteiger partial charge is 0.243 e. The molecule has 0 bridgehead atoms. The van der Waals surface area contributed by atoms with Crippen LogP contribution in [0.25, 0.3) is 0 Å². The van der Waals surface area contributed by atoms with Crippen LogP contribution in [0.1, 0.15) is 30.0 Å². The van der Waals surface area contributed by atoms with Crippen LogP contribution in [0, 0.1) is 20.8 Å². The molecule has 110 valence electrons. The van der Waals surface area contributed by atoms with Gasteiger partial charge in [0.2, 0.25) is 10.0 Å². The highest BCUT2D eigenvalue weighted by atomic mass is 32.2. The molecule has 20 heavy (non-hydrogen) atoms. The highest BCUT2D eigenvalue weighted by molar-refractivity contribution is 7.89. The first-order valence-corrected chi connectivity index (χ1v) is 8.21. The summed E-state index contributed by atoms with van der Waals surface area (Å²) in [5.41, 5.74) is 10.2. The van der Waals surface area contributed by atoms with E-state index in [9.17, 15) is 8.42 Å². The Hall–Kier alpha value is -1.33. The number of anilines is 1. The second-order valence-electron chi connectivity index (χ2n) is 5.54. The fourth-order valence-corrected chi connectivity index (χ4v) is 4.50. The molecule has 5 heteroatoms. The molecule has 0 aromatic heterocycles. The van der Waals surface area contributed by atoms with Crippen molar-refractivity contribution in [3.8, 4) is 0 Å². The molecule has 0 spiro atoms. The van der Waals surface area contributed by atoms with E-state index in [0.717, 1.165) is 17.5 Å². The van der Waals surface area contributed by atoms with E-state index < -0.39 is 10.0 Å². The Balaban J connectivity index is 2.53. The van der Waals surface area contributed by atoms with E-state index >= 15 is 0 Å². The number of nitrogens with zero attached hydrogens (tertiary/aromatic N) is 1. The van der Waals surface area contributed by atoms with Crippen LogP contribution in [0.2, 0.25) is 0 Å². The third-order valence-corrected chi connectivity index (χ3v) is 6.11. The Morgan fingerprint density at radius 1 is 1.15 bits per heavy atom. The van der Waals surface area contributed by atoms with E-state index in [1.54, 1.807) is 6.92 Å². The zero-order valence-corrected chi connectivity index (χ0v) is 13.3. The molecule has 1 aliphatic rings. The zero-order valence-electron chi connectivity index (χ0n) is 12.5. The van der Waals surface area contributed by atoms with Crippen molar-refractivity contribution in [3.05, 3.63) is 34.4 Å². The zero-order chi connectivity index (χ0) is 15.1. The van der Waals surface area contributed by atoms with Gasteiger partial charge in [0.1, 0.15) is 0 Å². The number of nitrogens with two attached hydrogens (primary N) is 1. The molecule has 0 saturated carbocycles. The van der Waals surface area contributed by atoms with Crippen molar-refractivity contribution in [2.45, 2.75) is 39.0 Å². The lowest BCUT2D eigenvalue weighted by Gasteiger charge is -2.27. The van der Waals surface area contributed by atoms with E-state index in [1.165, 1.54) is 9.88 Å². The van der Waals surface area contributed by atoms with Gasteiger partial charge in [0, 0.05) is 18.8 Å². The molecule has 1 aliphatic heterocycles. The van der Waals surface area contributed by atoms with Crippen molar-refractivity contribution >= 4 is 15.7 Å². The van der Waals surface area contributed by atoms with Crippen LogP contribution in [-0.2, 0) is 10.0 Å². The van der Waals surface area contributed by atoms with Crippen LogP contribution >= 0.6 is 0 Å². The average molecular weight is 294 g/mol. The van der Waals surface area contributed by atoms with Crippen molar-refractivity contribution in [3.63, 3.8) is 0 Å². The van der Waals surface area contributed by atoms with Crippen LogP contribution in [0.5, 0.6) is 0 Å². The monoisotopic (exact) mass is 294 g/mol. The van der Waals surface area contributed by atoms with Gasteiger partial charge in [-0.05, 0) is 50.8 Å². The van der Waals surface area contributed by atoms with Crippen molar-refractivity contribution in [1.29, 1.82) is 0 Å². The number of aryl methyl sites for hydroxylation is 2. The predicted molar refractivity (Wildman–Crippen MR) is 82.2 cm³/mol. The van der Waals surface area contributed by atoms with E-state index in [1.807, 2.05) is 32.9 Å². The molecule has 0 fully saturated rings. The molecule has 0 radical (unpaired) electrons. The average Bonchev–Trinajstić information content (AvgIpc) is 2.36. The summed E-state index contributed by atoms with van der Waals surface area (Å²) in [5.74, 6) is 0. The lowest BCUT2D eigenvalue weighted by molar-refractivity contribution is 0.430. The van der Waals surface area contributed by atoms with Gasteiger partial charge in [-0.15, -0.1) is 0 Å². The summed E-state index contributed by atoms with van der Waals surface area (Å²) in [7, 11) is -3.48. The third kappa shape index (κ3) is 2.47. The maximum Gasteiger partial charge on any atom is 0.243 e. The summed E-state index contributed by atoms with van der Waals surface area (Å²) in [6.45, 7) is 8.53. The fraction of sp³-hybridized carbons (Fsp3) is 0.467. The van der Waals surface area contributed by atoms with Crippen LogP contribution in [0.15, 0.2) is 22.6 Å². The highest BCUT2D eigenvalue weighted by Gasteiger charge is 2.29. The van der Waals surface area contributed by atoms with Gasteiger partial charge in [-0.2, -0.15) is 4.31 Å². The Bertz CT molecular complexity index is 676. The van der Waals surface area contributed by atoms with Crippen LogP contribution in [-0.4, -0.2) is 25.8 Å². The first-order valence-electron chi connectivity index (χ1n) is 6.77. The maximum absolute atomic E-state index is 12.8. The molecule has 0 atom stereocenters. The van der Waals surface area contributed by atoms with Gasteiger partial charge in [0.15, 0.2) is 0 Å². The van der Waals surface area contributed by atoms with Gasteiger partial charge >= 0.3 is 0 Å². The third-order valence-electron chi connectivity index (χ3n) is 3.96. The summed E-state index contributed by atoms with van der Waals surface area (Å²) in [5, 5.41) is 0. The number of sulfonamides is 1. The molecule has 4 nitrogen and oxygen atoms in total. The molecule has 2 rings (SSSR count). The van der Waals surface area contributed by atoms with E-state index in [2.05, 4.69) is 0 Å². The molecule has 2 N–H and O–H groups in total. The fourth-order valence-electron chi connectivity index (χ4n) is 2.68. The first-order chi connectivity index (χ1) is 9.25. The van der Waals surface area contributed by atoms with Crippen molar-refractivity contribution < 1.29 is 8.42 Å². The Morgan fingerprint density at radius 3 is 2.35 bits per heavy atom. The lowest BCUT2D eigenvalue weighted by atomic mass is 10.1. The molecule has 1 aromatic carbocycles. The maximum atomic E-state index is 12.8. The standard InChI is InChI=1S/C15H22N2O2S/c1-10-5-7-17(8-6-10)20(18,19)15-12(3)9-11(2)14(16)13(15)4/h5,9H,6-8,16H2,1-4H3. The lowest BCUT2D eigenvalue weighted by Crippen LogP contribution is -2.35. The number of nitrogen functional groups attached to an aromatic ring is 1. The second-order valence-corrected chi connectivity index (χ2v) is 7.42. The van der Waals surface area contributed by atoms with Gasteiger partial charge in [0.05, 0.1) is 4.90 Å². The van der Waals surface area contributed by atoms with E-state index in [0.29, 0.717) is 29.2 Å². The van der Waals surface area contributed by atoms with Crippen molar-refractivity contribution in [2.75, 3.05) is 18.8 Å². The summed E-state index contributed by atoms with van der Waals surface area (Å²) < 4.78 is 27.2. The molecule has 0 saturated heterocycles. The summed E-state index contributed by atoms with van der Waals surface area (Å²) in [6.07, 6.45) is 2.77. The molecule has 0 unspecified atom stereocenters. The normalized spacial score (nSPS) is 17.1.